The number of hydrogen-bond acceptors (Lipinski definition) is 7. The van der Waals surface area contributed by atoms with Gasteiger partial charge < -0.3 is 14.5 Å². The quantitative estimate of drug-likeness (QED) is 0.220. The predicted octanol–water partition coefficient (Wildman–Crippen LogP) is 6.29. The molecule has 8 rings (SSSR count). The molecule has 1 amide bonds. The Morgan fingerprint density at radius 1 is 1.17 bits per heavy atom. The van der Waals surface area contributed by atoms with Crippen LogP contribution in [0.5, 0.6) is 5.88 Å². The van der Waals surface area contributed by atoms with E-state index in [4.69, 9.17) is 21.3 Å². The van der Waals surface area contributed by atoms with Gasteiger partial charge in [0, 0.05) is 57.8 Å². The van der Waals surface area contributed by atoms with Gasteiger partial charge in [-0.05, 0) is 69.5 Å². The normalized spacial score (nSPS) is 21.7. The third-order valence-electron chi connectivity index (χ3n) is 10.7. The maximum absolute atomic E-state index is 16.3. The van der Waals surface area contributed by atoms with Crippen molar-refractivity contribution in [2.24, 2.45) is 0 Å². The molecule has 0 N–H and O–H groups in total. The average Bonchev–Trinajstić information content (AvgIpc) is 3.73. The van der Waals surface area contributed by atoms with Crippen LogP contribution in [0.3, 0.4) is 0 Å². The van der Waals surface area contributed by atoms with Crippen molar-refractivity contribution in [2.45, 2.75) is 56.1 Å². The zero-order chi connectivity index (χ0) is 31.6. The van der Waals surface area contributed by atoms with E-state index in [1.165, 1.54) is 12.1 Å². The number of anilines is 1. The lowest BCUT2D eigenvalue weighted by Crippen LogP contribution is -2.63. The summed E-state index contributed by atoms with van der Waals surface area (Å²) in [5.74, 6) is -0.0907. The summed E-state index contributed by atoms with van der Waals surface area (Å²) in [6.07, 6.45) is 10.0. The van der Waals surface area contributed by atoms with Crippen LogP contribution >= 0.6 is 11.6 Å². The van der Waals surface area contributed by atoms with Gasteiger partial charge in [0.15, 0.2) is 0 Å². The number of fused-ring (bicyclic) bond motifs is 4. The Morgan fingerprint density at radius 2 is 2.00 bits per heavy atom. The molecule has 10 heteroatoms. The highest BCUT2D eigenvalue weighted by molar-refractivity contribution is 6.36. The smallest absolute Gasteiger partial charge is 0.246 e. The Bertz CT molecular complexity index is 1940. The van der Waals surface area contributed by atoms with Crippen LogP contribution in [0.25, 0.3) is 32.8 Å². The highest BCUT2D eigenvalue weighted by Crippen LogP contribution is 2.47. The van der Waals surface area contributed by atoms with Gasteiger partial charge in [0.2, 0.25) is 11.8 Å². The molecule has 2 aromatic carbocycles. The Morgan fingerprint density at radius 3 is 2.78 bits per heavy atom. The van der Waals surface area contributed by atoms with E-state index >= 15 is 4.39 Å². The minimum atomic E-state index is -0.431. The van der Waals surface area contributed by atoms with Crippen LogP contribution in [-0.4, -0.2) is 76.1 Å². The summed E-state index contributed by atoms with van der Waals surface area (Å²) in [7, 11) is 0. The number of halogens is 2. The Balaban J connectivity index is 1.29. The molecule has 4 aromatic rings. The SMILES string of the molecule is C=CC(=O)N1CC[C@@H]2[C@H]1CN2c1c(CC#N)c(OCC23CCCN2CCC3)nc2cc(-c3cncc4cccc(Cl)c34)c(F)cc12. The summed E-state index contributed by atoms with van der Waals surface area (Å²) in [4.78, 5) is 28.6. The number of nitrogens with zero attached hydrogens (tertiary/aromatic N) is 6. The first-order valence-corrected chi connectivity index (χ1v) is 16.4. The molecule has 234 valence electrons. The first kappa shape index (κ1) is 29.2. The Labute approximate surface area is 272 Å². The van der Waals surface area contributed by atoms with E-state index in [9.17, 15) is 10.1 Å². The number of rotatable bonds is 7. The van der Waals surface area contributed by atoms with Crippen molar-refractivity contribution in [1.29, 1.82) is 5.26 Å². The van der Waals surface area contributed by atoms with E-state index in [-0.39, 0.29) is 30.0 Å². The van der Waals surface area contributed by atoms with Gasteiger partial charge in [-0.1, -0.05) is 30.3 Å². The average molecular weight is 637 g/mol. The zero-order valence-electron chi connectivity index (χ0n) is 25.5. The van der Waals surface area contributed by atoms with Gasteiger partial charge in [0.05, 0.1) is 46.9 Å². The highest BCUT2D eigenvalue weighted by atomic mass is 35.5. The van der Waals surface area contributed by atoms with Crippen LogP contribution in [0.1, 0.15) is 37.7 Å². The van der Waals surface area contributed by atoms with Gasteiger partial charge in [0.1, 0.15) is 12.4 Å². The molecule has 0 radical (unpaired) electrons. The number of nitriles is 1. The van der Waals surface area contributed by atoms with Crippen LogP contribution < -0.4 is 9.64 Å². The number of ether oxygens (including phenoxy) is 1. The van der Waals surface area contributed by atoms with Crippen LogP contribution in [0.15, 0.2) is 55.4 Å². The molecule has 6 heterocycles. The van der Waals surface area contributed by atoms with Crippen LogP contribution in [0, 0.1) is 17.1 Å². The third kappa shape index (κ3) is 4.45. The van der Waals surface area contributed by atoms with Gasteiger partial charge in [0.25, 0.3) is 0 Å². The molecule has 0 bridgehead atoms. The molecule has 4 saturated heterocycles. The number of aromatic nitrogens is 2. The Hall–Kier alpha value is -4.26. The van der Waals surface area contributed by atoms with Gasteiger partial charge in [-0.3, -0.25) is 14.7 Å². The number of likely N-dealkylation sites (tertiary alicyclic amines) is 1. The monoisotopic (exact) mass is 636 g/mol. The summed E-state index contributed by atoms with van der Waals surface area (Å²) in [5, 5.41) is 12.7. The molecular weight excluding hydrogens is 603 g/mol. The fourth-order valence-corrected chi connectivity index (χ4v) is 8.79. The van der Waals surface area contributed by atoms with Crippen molar-refractivity contribution in [1.82, 2.24) is 19.8 Å². The fraction of sp³-hybridized carbons (Fsp3) is 0.389. The van der Waals surface area contributed by atoms with Crippen molar-refractivity contribution in [3.63, 3.8) is 0 Å². The summed E-state index contributed by atoms with van der Waals surface area (Å²) in [5.41, 5.74) is 2.92. The molecule has 2 atom stereocenters. The standard InChI is InChI=1S/C36H34ClFN6O2/c1-2-32(45)43-15-9-30-31(43)20-44(30)34-23(8-12-39)35(46-21-36-10-4-13-42(36)14-5-11-36)41-29-17-24(28(38)16-25(29)34)26-19-40-18-22-6-3-7-27(37)33(22)26/h2-3,6-7,16-19,30-31H,1,4-5,8-11,13-15,20-21H2/t30-,31-/m1/s1. The van der Waals surface area contributed by atoms with Gasteiger partial charge in [-0.2, -0.15) is 5.26 Å². The molecule has 0 unspecified atom stereocenters. The van der Waals surface area contributed by atoms with Gasteiger partial charge in [-0.25, -0.2) is 9.37 Å². The number of carbonyl (C=O) groups is 1. The van der Waals surface area contributed by atoms with Crippen LogP contribution in [0.2, 0.25) is 5.02 Å². The van der Waals surface area contributed by atoms with Crippen LogP contribution in [0.4, 0.5) is 10.1 Å². The summed E-state index contributed by atoms with van der Waals surface area (Å²) < 4.78 is 23.0. The van der Waals surface area contributed by atoms with Crippen molar-refractivity contribution in [3.05, 3.63) is 71.8 Å². The molecule has 0 spiro atoms. The highest BCUT2D eigenvalue weighted by Gasteiger charge is 2.50. The number of pyridine rings is 2. The third-order valence-corrected chi connectivity index (χ3v) is 11.0. The van der Waals surface area contributed by atoms with Crippen LogP contribution in [-0.2, 0) is 11.2 Å². The summed E-state index contributed by atoms with van der Waals surface area (Å²) in [6, 6.07) is 11.2. The van der Waals surface area contributed by atoms with E-state index < -0.39 is 5.82 Å². The van der Waals surface area contributed by atoms with Crippen molar-refractivity contribution in [3.8, 4) is 23.1 Å². The van der Waals surface area contributed by atoms with Crippen molar-refractivity contribution >= 4 is 44.9 Å². The van der Waals surface area contributed by atoms with E-state index in [0.717, 1.165) is 61.7 Å². The van der Waals surface area contributed by atoms with E-state index in [0.29, 0.717) is 58.2 Å². The molecular formula is C36H34ClFN6O2. The van der Waals surface area contributed by atoms with Gasteiger partial charge >= 0.3 is 0 Å². The maximum atomic E-state index is 16.3. The fourth-order valence-electron chi connectivity index (χ4n) is 8.50. The van der Waals surface area contributed by atoms with E-state index in [1.54, 1.807) is 24.5 Å². The topological polar surface area (TPSA) is 85.6 Å². The zero-order valence-corrected chi connectivity index (χ0v) is 26.3. The minimum Gasteiger partial charge on any atom is -0.475 e. The van der Waals surface area contributed by atoms with Crippen molar-refractivity contribution < 1.29 is 13.9 Å². The van der Waals surface area contributed by atoms with Gasteiger partial charge in [-0.15, -0.1) is 0 Å². The molecule has 0 saturated carbocycles. The molecule has 4 fully saturated rings. The molecule has 46 heavy (non-hydrogen) atoms. The minimum absolute atomic E-state index is 0.0150. The number of carbonyl (C=O) groups excluding carboxylic acids is 1. The number of amides is 1. The lowest BCUT2D eigenvalue weighted by atomic mass is 9.91. The number of hydrogen-bond donors (Lipinski definition) is 0. The molecule has 2 aromatic heterocycles. The maximum Gasteiger partial charge on any atom is 0.246 e. The molecule has 8 nitrogen and oxygen atoms in total. The summed E-state index contributed by atoms with van der Waals surface area (Å²) in [6.45, 7) is 7.52. The first-order chi connectivity index (χ1) is 22.4. The molecule has 4 aliphatic heterocycles. The van der Waals surface area contributed by atoms with E-state index in [1.807, 2.05) is 17.0 Å². The second-order valence-corrected chi connectivity index (χ2v) is 13.4. The molecule has 4 aliphatic rings. The lowest BCUT2D eigenvalue weighted by Gasteiger charge is -2.49. The Kier molecular flexibility index (Phi) is 7.11. The predicted molar refractivity (Wildman–Crippen MR) is 176 cm³/mol. The lowest BCUT2D eigenvalue weighted by molar-refractivity contribution is -0.127. The van der Waals surface area contributed by atoms with E-state index in [2.05, 4.69) is 27.4 Å². The largest absolute Gasteiger partial charge is 0.475 e. The first-order valence-electron chi connectivity index (χ1n) is 16.1. The second-order valence-electron chi connectivity index (χ2n) is 13.0. The van der Waals surface area contributed by atoms with Crippen molar-refractivity contribution in [2.75, 3.05) is 37.7 Å². The number of benzene rings is 2. The molecule has 0 aliphatic carbocycles. The summed E-state index contributed by atoms with van der Waals surface area (Å²) >= 11 is 6.64. The second kappa shape index (κ2) is 11.2.